The van der Waals surface area contributed by atoms with E-state index in [0.29, 0.717) is 6.61 Å². The van der Waals surface area contributed by atoms with Gasteiger partial charge in [0.2, 0.25) is 0 Å². The largest absolute Gasteiger partial charge is 0.466 e. The maximum atomic E-state index is 11.8. The van der Waals surface area contributed by atoms with Crippen LogP contribution >= 0.6 is 0 Å². The molecule has 2 nitrogen and oxygen atoms in total. The number of rotatable bonds is 7. The van der Waals surface area contributed by atoms with E-state index in [4.69, 9.17) is 4.74 Å². The molecule has 2 heteroatoms. The molecule has 92 valence electrons. The van der Waals surface area contributed by atoms with Crippen molar-refractivity contribution in [2.75, 3.05) is 6.61 Å². The molecule has 0 saturated carbocycles. The third kappa shape index (κ3) is 4.67. The molecule has 0 N–H and O–H groups in total. The highest BCUT2D eigenvalue weighted by molar-refractivity contribution is 5.76. The predicted molar refractivity (Wildman–Crippen MR) is 67.1 cm³/mol. The molecular formula is C14H24O2. The highest BCUT2D eigenvalue weighted by atomic mass is 16.5. The molecule has 1 unspecified atom stereocenters. The number of unbranched alkanes of at least 4 members (excludes halogenated alkanes) is 1. The van der Waals surface area contributed by atoms with Gasteiger partial charge in [-0.15, -0.1) is 5.73 Å². The lowest BCUT2D eigenvalue weighted by atomic mass is 9.86. The molecule has 0 amide bonds. The van der Waals surface area contributed by atoms with Gasteiger partial charge in [0.25, 0.3) is 0 Å². The fourth-order valence-electron chi connectivity index (χ4n) is 1.77. The van der Waals surface area contributed by atoms with Gasteiger partial charge in [-0.1, -0.05) is 33.8 Å². The highest BCUT2D eigenvalue weighted by Crippen LogP contribution is 2.25. The van der Waals surface area contributed by atoms with Crippen LogP contribution in [0.25, 0.3) is 0 Å². The molecule has 0 aromatic rings. The first kappa shape index (κ1) is 15.0. The van der Waals surface area contributed by atoms with Crippen molar-refractivity contribution >= 4 is 5.97 Å². The van der Waals surface area contributed by atoms with Crippen LogP contribution in [0.1, 0.15) is 47.0 Å². The van der Waals surface area contributed by atoms with E-state index in [9.17, 15) is 4.79 Å². The first-order chi connectivity index (χ1) is 7.58. The Morgan fingerprint density at radius 1 is 1.38 bits per heavy atom. The zero-order chi connectivity index (χ0) is 12.6. The Morgan fingerprint density at radius 3 is 2.38 bits per heavy atom. The molecule has 0 aliphatic rings. The second kappa shape index (κ2) is 8.18. The van der Waals surface area contributed by atoms with Crippen LogP contribution in [0, 0.1) is 11.8 Å². The van der Waals surface area contributed by atoms with E-state index in [0.717, 1.165) is 24.8 Å². The Bertz CT molecular complexity index is 260. The zero-order valence-electron chi connectivity index (χ0n) is 11.0. The normalized spacial score (nSPS) is 12.1. The van der Waals surface area contributed by atoms with Crippen LogP contribution in [0.3, 0.4) is 0 Å². The molecule has 0 fully saturated rings. The van der Waals surface area contributed by atoms with Crippen molar-refractivity contribution in [1.29, 1.82) is 0 Å². The van der Waals surface area contributed by atoms with Crippen LogP contribution in [0.2, 0.25) is 0 Å². The average Bonchev–Trinajstić information content (AvgIpc) is 2.23. The molecule has 16 heavy (non-hydrogen) atoms. The SMILES string of the molecule is C=C=C(CCCC)C(C(=O)OCC)C(C)C. The molecule has 0 heterocycles. The number of hydrogen-bond donors (Lipinski definition) is 0. The van der Waals surface area contributed by atoms with Gasteiger partial charge in [0.1, 0.15) is 0 Å². The summed E-state index contributed by atoms with van der Waals surface area (Å²) in [5.74, 6) is -0.0797. The summed E-state index contributed by atoms with van der Waals surface area (Å²) in [6, 6.07) is 0. The predicted octanol–water partition coefficient (Wildman–Crippen LogP) is 3.72. The number of esters is 1. The Kier molecular flexibility index (Phi) is 7.66. The van der Waals surface area contributed by atoms with Gasteiger partial charge in [-0.05, 0) is 31.3 Å². The highest BCUT2D eigenvalue weighted by Gasteiger charge is 2.26. The fraction of sp³-hybridized carbons (Fsp3) is 0.714. The lowest BCUT2D eigenvalue weighted by molar-refractivity contribution is -0.148. The van der Waals surface area contributed by atoms with E-state index in [1.807, 2.05) is 20.8 Å². The second-order valence-electron chi connectivity index (χ2n) is 4.28. The Hall–Kier alpha value is -1.01. The lowest BCUT2D eigenvalue weighted by Crippen LogP contribution is -2.24. The van der Waals surface area contributed by atoms with Crippen molar-refractivity contribution in [2.24, 2.45) is 11.8 Å². The number of carbonyl (C=O) groups excluding carboxylic acids is 1. The third-order valence-electron chi connectivity index (χ3n) is 2.61. The maximum Gasteiger partial charge on any atom is 0.313 e. The fourth-order valence-corrected chi connectivity index (χ4v) is 1.77. The summed E-state index contributed by atoms with van der Waals surface area (Å²) in [6.45, 7) is 12.2. The van der Waals surface area contributed by atoms with E-state index < -0.39 is 0 Å². The van der Waals surface area contributed by atoms with Gasteiger partial charge in [-0.3, -0.25) is 4.79 Å². The van der Waals surface area contributed by atoms with Crippen LogP contribution in [0.5, 0.6) is 0 Å². The first-order valence-electron chi connectivity index (χ1n) is 6.13. The van der Waals surface area contributed by atoms with Gasteiger partial charge in [0.05, 0.1) is 12.5 Å². The molecule has 1 atom stereocenters. The summed E-state index contributed by atoms with van der Waals surface area (Å²) in [4.78, 5) is 11.8. The van der Waals surface area contributed by atoms with Crippen LogP contribution in [-0.4, -0.2) is 12.6 Å². The molecule has 0 spiro atoms. The summed E-state index contributed by atoms with van der Waals surface area (Å²) < 4.78 is 5.10. The lowest BCUT2D eigenvalue weighted by Gasteiger charge is -2.20. The summed E-state index contributed by atoms with van der Waals surface area (Å²) in [7, 11) is 0. The van der Waals surface area contributed by atoms with Gasteiger partial charge in [0, 0.05) is 0 Å². The van der Waals surface area contributed by atoms with Crippen LogP contribution in [0.15, 0.2) is 17.9 Å². The van der Waals surface area contributed by atoms with Crippen molar-refractivity contribution in [1.82, 2.24) is 0 Å². The Labute approximate surface area is 99.4 Å². The molecule has 0 aromatic carbocycles. The smallest absolute Gasteiger partial charge is 0.313 e. The minimum atomic E-state index is -0.177. The first-order valence-corrected chi connectivity index (χ1v) is 6.13. The molecule has 0 aliphatic heterocycles. The topological polar surface area (TPSA) is 26.3 Å². The standard InChI is InChI=1S/C14H24O2/c1-6-9-10-12(7-2)13(11(4)5)14(15)16-8-3/h11,13H,2,6,8-10H2,1,3-5H3. The van der Waals surface area contributed by atoms with Gasteiger partial charge < -0.3 is 4.74 Å². The Balaban J connectivity index is 4.74. The van der Waals surface area contributed by atoms with Crippen LogP contribution < -0.4 is 0 Å². The zero-order valence-corrected chi connectivity index (χ0v) is 11.0. The van der Waals surface area contributed by atoms with Gasteiger partial charge in [-0.2, -0.15) is 0 Å². The van der Waals surface area contributed by atoms with Crippen molar-refractivity contribution < 1.29 is 9.53 Å². The van der Waals surface area contributed by atoms with Gasteiger partial charge >= 0.3 is 5.97 Å². The van der Waals surface area contributed by atoms with E-state index >= 15 is 0 Å². The van der Waals surface area contributed by atoms with Gasteiger partial charge in [-0.25, -0.2) is 0 Å². The van der Waals surface area contributed by atoms with Crippen molar-refractivity contribution in [3.63, 3.8) is 0 Å². The Morgan fingerprint density at radius 2 is 2.00 bits per heavy atom. The maximum absolute atomic E-state index is 11.8. The quantitative estimate of drug-likeness (QED) is 0.486. The monoisotopic (exact) mass is 224 g/mol. The molecule has 0 aliphatic carbocycles. The number of carbonyl (C=O) groups is 1. The van der Waals surface area contributed by atoms with E-state index in [1.165, 1.54) is 0 Å². The van der Waals surface area contributed by atoms with Crippen molar-refractivity contribution in [2.45, 2.75) is 47.0 Å². The molecule has 0 rings (SSSR count). The van der Waals surface area contributed by atoms with E-state index in [1.54, 1.807) is 0 Å². The van der Waals surface area contributed by atoms with Crippen LogP contribution in [-0.2, 0) is 9.53 Å². The number of hydrogen-bond acceptors (Lipinski definition) is 2. The molecule has 0 saturated heterocycles. The van der Waals surface area contributed by atoms with E-state index in [-0.39, 0.29) is 17.8 Å². The summed E-state index contributed by atoms with van der Waals surface area (Å²) >= 11 is 0. The van der Waals surface area contributed by atoms with Crippen molar-refractivity contribution in [3.8, 4) is 0 Å². The third-order valence-corrected chi connectivity index (χ3v) is 2.61. The minimum Gasteiger partial charge on any atom is -0.466 e. The van der Waals surface area contributed by atoms with E-state index in [2.05, 4.69) is 19.2 Å². The van der Waals surface area contributed by atoms with Crippen LogP contribution in [0.4, 0.5) is 0 Å². The minimum absolute atomic E-state index is 0.139. The van der Waals surface area contributed by atoms with Gasteiger partial charge in [0.15, 0.2) is 0 Å². The molecule has 0 aromatic heterocycles. The molecule has 0 bridgehead atoms. The summed E-state index contributed by atoms with van der Waals surface area (Å²) in [6.07, 6.45) is 3.07. The number of ether oxygens (including phenoxy) is 1. The average molecular weight is 224 g/mol. The van der Waals surface area contributed by atoms with Crippen molar-refractivity contribution in [3.05, 3.63) is 17.9 Å². The second-order valence-corrected chi connectivity index (χ2v) is 4.28. The summed E-state index contributed by atoms with van der Waals surface area (Å²) in [5.41, 5.74) is 3.92. The molecular weight excluding hydrogens is 200 g/mol. The summed E-state index contributed by atoms with van der Waals surface area (Å²) in [5, 5.41) is 0. The molecule has 0 radical (unpaired) electrons.